The molecule has 72 valence electrons. The van der Waals surface area contributed by atoms with Crippen LogP contribution < -0.4 is 0 Å². The number of carboxylic acids is 1. The summed E-state index contributed by atoms with van der Waals surface area (Å²) in [5, 5.41) is 9.29. The van der Waals surface area contributed by atoms with Crippen LogP contribution in [-0.2, 0) is 0 Å². The third-order valence-electron chi connectivity index (χ3n) is 2.27. The lowest BCUT2D eigenvalue weighted by Crippen LogP contribution is -1.95. The summed E-state index contributed by atoms with van der Waals surface area (Å²) in [6.45, 7) is 1.57. The van der Waals surface area contributed by atoms with Crippen LogP contribution in [0.2, 0.25) is 0 Å². The normalized spacial score (nSPS) is 10.7. The van der Waals surface area contributed by atoms with Crippen molar-refractivity contribution in [3.05, 3.63) is 35.3 Å². The Labute approximate surface area is 79.2 Å². The van der Waals surface area contributed by atoms with E-state index in [2.05, 4.69) is 4.98 Å². The molecule has 0 atom stereocenters. The number of hydrogen-bond donors (Lipinski definition) is 2. The molecule has 2 aromatic rings. The highest BCUT2D eigenvalue weighted by Crippen LogP contribution is 2.24. The smallest absolute Gasteiger partial charge is 0.337 e. The van der Waals surface area contributed by atoms with E-state index in [1.54, 1.807) is 6.92 Å². The minimum absolute atomic E-state index is 0.108. The lowest BCUT2D eigenvalue weighted by atomic mass is 10.1. The Kier molecular flexibility index (Phi) is 1.77. The minimum Gasteiger partial charge on any atom is -0.478 e. The molecule has 0 bridgehead atoms. The van der Waals surface area contributed by atoms with Crippen LogP contribution in [0.15, 0.2) is 18.3 Å². The van der Waals surface area contributed by atoms with E-state index in [0.717, 1.165) is 0 Å². The fourth-order valence-electron chi connectivity index (χ4n) is 1.54. The second kappa shape index (κ2) is 2.83. The summed E-state index contributed by atoms with van der Waals surface area (Å²) in [6.07, 6.45) is 1.37. The van der Waals surface area contributed by atoms with Crippen LogP contribution in [0.3, 0.4) is 0 Å². The summed E-state index contributed by atoms with van der Waals surface area (Å²) in [4.78, 5) is 13.6. The van der Waals surface area contributed by atoms with Crippen LogP contribution in [0.4, 0.5) is 4.39 Å². The lowest BCUT2D eigenvalue weighted by molar-refractivity contribution is 0.0699. The molecule has 3 nitrogen and oxygen atoms in total. The maximum Gasteiger partial charge on any atom is 0.337 e. The molecular formula is C10H8FNO2. The fourth-order valence-corrected chi connectivity index (χ4v) is 1.54. The molecule has 1 aromatic heterocycles. The summed E-state index contributed by atoms with van der Waals surface area (Å²) in [7, 11) is 0. The van der Waals surface area contributed by atoms with Gasteiger partial charge >= 0.3 is 5.97 Å². The zero-order chi connectivity index (χ0) is 10.3. The molecule has 0 aliphatic rings. The van der Waals surface area contributed by atoms with Crippen LogP contribution in [0.1, 0.15) is 15.9 Å². The summed E-state index contributed by atoms with van der Waals surface area (Å²) in [5.41, 5.74) is 1.11. The summed E-state index contributed by atoms with van der Waals surface area (Å²) in [5.74, 6) is -1.44. The monoisotopic (exact) mass is 193 g/mol. The Morgan fingerprint density at radius 1 is 1.50 bits per heavy atom. The van der Waals surface area contributed by atoms with Gasteiger partial charge in [0.05, 0.1) is 5.56 Å². The van der Waals surface area contributed by atoms with Crippen LogP contribution in [0.5, 0.6) is 0 Å². The summed E-state index contributed by atoms with van der Waals surface area (Å²) < 4.78 is 13.2. The second-order valence-electron chi connectivity index (χ2n) is 3.10. The van der Waals surface area contributed by atoms with E-state index in [-0.39, 0.29) is 11.4 Å². The van der Waals surface area contributed by atoms with Gasteiger partial charge in [0.2, 0.25) is 0 Å². The molecular weight excluding hydrogens is 185 g/mol. The third kappa shape index (κ3) is 1.08. The van der Waals surface area contributed by atoms with Gasteiger partial charge in [-0.05, 0) is 24.6 Å². The number of aromatic nitrogens is 1. The largest absolute Gasteiger partial charge is 0.478 e. The SMILES string of the molecule is Cc1c(F)ccc2[nH]cc(C(=O)O)c12. The number of aromatic carboxylic acids is 1. The molecule has 0 saturated heterocycles. The first kappa shape index (κ1) is 8.74. The molecule has 0 saturated carbocycles. The molecule has 4 heteroatoms. The van der Waals surface area contributed by atoms with Gasteiger partial charge in [0.25, 0.3) is 0 Å². The molecule has 14 heavy (non-hydrogen) atoms. The molecule has 0 aliphatic carbocycles. The number of aryl methyl sites for hydroxylation is 1. The average Bonchev–Trinajstić information content (AvgIpc) is 2.55. The third-order valence-corrected chi connectivity index (χ3v) is 2.27. The van der Waals surface area contributed by atoms with Crippen molar-refractivity contribution >= 4 is 16.9 Å². The zero-order valence-corrected chi connectivity index (χ0v) is 7.47. The number of carboxylic acid groups (broad SMARTS) is 1. The molecule has 0 radical (unpaired) electrons. The van der Waals surface area contributed by atoms with Gasteiger partial charge in [-0.15, -0.1) is 0 Å². The zero-order valence-electron chi connectivity index (χ0n) is 7.47. The molecule has 2 N–H and O–H groups in total. The Bertz CT molecular complexity index is 516. The quantitative estimate of drug-likeness (QED) is 0.730. The molecule has 0 spiro atoms. The molecule has 2 rings (SSSR count). The summed E-state index contributed by atoms with van der Waals surface area (Å²) >= 11 is 0. The molecule has 0 unspecified atom stereocenters. The van der Waals surface area contributed by atoms with E-state index in [1.807, 2.05) is 0 Å². The average molecular weight is 193 g/mol. The van der Waals surface area contributed by atoms with Crippen molar-refractivity contribution in [3.8, 4) is 0 Å². The Hall–Kier alpha value is -1.84. The molecule has 1 heterocycles. The Balaban J connectivity index is 2.89. The highest BCUT2D eigenvalue weighted by Gasteiger charge is 2.14. The number of aromatic amines is 1. The van der Waals surface area contributed by atoms with Gasteiger partial charge < -0.3 is 10.1 Å². The van der Waals surface area contributed by atoms with Crippen molar-refractivity contribution in [3.63, 3.8) is 0 Å². The van der Waals surface area contributed by atoms with Crippen LogP contribution >= 0.6 is 0 Å². The second-order valence-corrected chi connectivity index (χ2v) is 3.10. The maximum atomic E-state index is 13.2. The maximum absolute atomic E-state index is 13.2. The standard InChI is InChI=1S/C10H8FNO2/c1-5-7(11)2-3-8-9(5)6(4-12-8)10(13)14/h2-4,12H,1H3,(H,13,14). The van der Waals surface area contributed by atoms with Crippen LogP contribution in [-0.4, -0.2) is 16.1 Å². The minimum atomic E-state index is -1.05. The first-order valence-corrected chi connectivity index (χ1v) is 4.10. The van der Waals surface area contributed by atoms with Crippen molar-refractivity contribution in [1.82, 2.24) is 4.98 Å². The number of halogens is 1. The number of rotatable bonds is 1. The summed E-state index contributed by atoms with van der Waals surface area (Å²) in [6, 6.07) is 2.85. The van der Waals surface area contributed by atoms with Gasteiger partial charge in [-0.3, -0.25) is 0 Å². The number of hydrogen-bond acceptors (Lipinski definition) is 1. The number of H-pyrrole nitrogens is 1. The number of carbonyl (C=O) groups is 1. The first-order valence-electron chi connectivity index (χ1n) is 4.10. The van der Waals surface area contributed by atoms with Crippen molar-refractivity contribution in [1.29, 1.82) is 0 Å². The first-order chi connectivity index (χ1) is 6.61. The highest BCUT2D eigenvalue weighted by molar-refractivity contribution is 6.04. The predicted molar refractivity (Wildman–Crippen MR) is 50.0 cm³/mol. The Morgan fingerprint density at radius 3 is 2.86 bits per heavy atom. The highest BCUT2D eigenvalue weighted by atomic mass is 19.1. The van der Waals surface area contributed by atoms with Gasteiger partial charge in [0, 0.05) is 17.1 Å². The van der Waals surface area contributed by atoms with Crippen molar-refractivity contribution < 1.29 is 14.3 Å². The van der Waals surface area contributed by atoms with Gasteiger partial charge in [-0.1, -0.05) is 0 Å². The van der Waals surface area contributed by atoms with Gasteiger partial charge in [0.1, 0.15) is 5.82 Å². The Morgan fingerprint density at radius 2 is 2.21 bits per heavy atom. The van der Waals surface area contributed by atoms with Gasteiger partial charge in [0.15, 0.2) is 0 Å². The van der Waals surface area contributed by atoms with E-state index in [9.17, 15) is 9.18 Å². The van der Waals surface area contributed by atoms with Gasteiger partial charge in [-0.25, -0.2) is 9.18 Å². The van der Waals surface area contributed by atoms with E-state index >= 15 is 0 Å². The van der Waals surface area contributed by atoms with Crippen LogP contribution in [0, 0.1) is 12.7 Å². The topological polar surface area (TPSA) is 53.1 Å². The number of fused-ring (bicyclic) bond motifs is 1. The van der Waals surface area contributed by atoms with Crippen molar-refractivity contribution in [2.75, 3.05) is 0 Å². The molecule has 0 aliphatic heterocycles. The van der Waals surface area contributed by atoms with E-state index < -0.39 is 5.97 Å². The lowest BCUT2D eigenvalue weighted by Gasteiger charge is -1.99. The van der Waals surface area contributed by atoms with E-state index in [4.69, 9.17) is 5.11 Å². The molecule has 0 amide bonds. The van der Waals surface area contributed by atoms with Crippen molar-refractivity contribution in [2.24, 2.45) is 0 Å². The number of nitrogens with one attached hydrogen (secondary N) is 1. The van der Waals surface area contributed by atoms with Crippen molar-refractivity contribution in [2.45, 2.75) is 6.92 Å². The molecule has 1 aromatic carbocycles. The van der Waals surface area contributed by atoms with Crippen LogP contribution in [0.25, 0.3) is 10.9 Å². The van der Waals surface area contributed by atoms with Gasteiger partial charge in [-0.2, -0.15) is 0 Å². The fraction of sp³-hybridized carbons (Fsp3) is 0.100. The predicted octanol–water partition coefficient (Wildman–Crippen LogP) is 2.31. The molecule has 0 fully saturated rings. The van der Waals surface area contributed by atoms with E-state index in [0.29, 0.717) is 16.5 Å². The van der Waals surface area contributed by atoms with E-state index in [1.165, 1.54) is 18.3 Å². The number of benzene rings is 1.